The second kappa shape index (κ2) is 26.0. The smallest absolute Gasteiger partial charge is 0.0238 e. The Labute approximate surface area is 185 Å². The van der Waals surface area contributed by atoms with Gasteiger partial charge in [-0.3, -0.25) is 0 Å². The molecule has 0 rings (SSSR count). The molecule has 0 aliphatic carbocycles. The van der Waals surface area contributed by atoms with E-state index in [9.17, 15) is 5.21 Å². The summed E-state index contributed by atoms with van der Waals surface area (Å²) in [6, 6.07) is 0. The van der Waals surface area contributed by atoms with Crippen molar-refractivity contribution in [3.63, 3.8) is 0 Å². The number of rotatable bonds is 25. The Morgan fingerprint density at radius 2 is 0.552 bits per heavy atom. The molecular weight excluding hydrogens is 354 g/mol. The molecule has 0 atom stereocenters. The molecule has 0 saturated heterocycles. The predicted molar refractivity (Wildman–Crippen MR) is 131 cm³/mol. The van der Waals surface area contributed by atoms with E-state index in [1.165, 1.54) is 135 Å². The van der Waals surface area contributed by atoms with Crippen LogP contribution in [0.3, 0.4) is 0 Å². The summed E-state index contributed by atoms with van der Waals surface area (Å²) in [4.78, 5) is 0. The van der Waals surface area contributed by atoms with Gasteiger partial charge in [-0.05, 0) is 12.8 Å². The molecule has 0 aromatic heterocycles. The van der Waals surface area contributed by atoms with E-state index in [2.05, 4.69) is 13.8 Å². The first-order valence-electron chi connectivity index (χ1n) is 13.7. The van der Waals surface area contributed by atoms with E-state index < -0.39 is 0 Å². The highest BCUT2D eigenvalue weighted by atomic mass is 16.5. The van der Waals surface area contributed by atoms with Gasteiger partial charge < -0.3 is 5.21 Å². The maximum absolute atomic E-state index is 9.99. The van der Waals surface area contributed by atoms with Crippen LogP contribution in [0, 0.1) is 0 Å². The summed E-state index contributed by atoms with van der Waals surface area (Å²) in [5, 5.41) is 11.6. The van der Waals surface area contributed by atoms with Crippen molar-refractivity contribution in [2.45, 2.75) is 162 Å². The minimum Gasteiger partial charge on any atom is -0.314 e. The Hall–Kier alpha value is -0.0800. The van der Waals surface area contributed by atoms with E-state index in [0.29, 0.717) is 0 Å². The van der Waals surface area contributed by atoms with E-state index in [1.807, 2.05) is 0 Å². The molecule has 0 spiro atoms. The van der Waals surface area contributed by atoms with Gasteiger partial charge in [0, 0.05) is 13.1 Å². The van der Waals surface area contributed by atoms with Crippen LogP contribution < -0.4 is 0 Å². The van der Waals surface area contributed by atoms with Crippen LogP contribution in [0.5, 0.6) is 0 Å². The first-order valence-corrected chi connectivity index (χ1v) is 13.7. The van der Waals surface area contributed by atoms with Gasteiger partial charge in [-0.15, -0.1) is 0 Å². The van der Waals surface area contributed by atoms with Gasteiger partial charge >= 0.3 is 0 Å². The lowest BCUT2D eigenvalue weighted by molar-refractivity contribution is -0.0925. The van der Waals surface area contributed by atoms with Crippen molar-refractivity contribution in [3.05, 3.63) is 0 Å². The fraction of sp³-hybridized carbons (Fsp3) is 1.00. The second-order valence-electron chi connectivity index (χ2n) is 9.38. The Morgan fingerprint density at radius 1 is 0.345 bits per heavy atom. The van der Waals surface area contributed by atoms with Gasteiger partial charge in [-0.2, -0.15) is 5.06 Å². The predicted octanol–water partition coefficient (Wildman–Crippen LogP) is 9.69. The van der Waals surface area contributed by atoms with Gasteiger partial charge in [0.15, 0.2) is 0 Å². The molecule has 176 valence electrons. The number of nitrogens with zero attached hydrogens (tertiary/aromatic N) is 1. The van der Waals surface area contributed by atoms with E-state index >= 15 is 0 Å². The highest BCUT2D eigenvalue weighted by Crippen LogP contribution is 2.13. The molecule has 0 heterocycles. The van der Waals surface area contributed by atoms with Crippen molar-refractivity contribution in [2.24, 2.45) is 0 Å². The van der Waals surface area contributed by atoms with Crippen LogP contribution in [0.15, 0.2) is 0 Å². The van der Waals surface area contributed by atoms with Crippen molar-refractivity contribution in [1.29, 1.82) is 0 Å². The quantitative estimate of drug-likeness (QED) is 0.119. The number of unbranched alkanes of at least 4 members (excludes halogenated alkanes) is 21. The summed E-state index contributed by atoms with van der Waals surface area (Å²) in [7, 11) is 0. The minimum atomic E-state index is 0.870. The molecule has 0 radical (unpaired) electrons. The zero-order valence-electron chi connectivity index (χ0n) is 20.6. The van der Waals surface area contributed by atoms with Crippen LogP contribution in [0.1, 0.15) is 162 Å². The van der Waals surface area contributed by atoms with Gasteiger partial charge in [0.25, 0.3) is 0 Å². The van der Waals surface area contributed by atoms with Gasteiger partial charge in [-0.25, -0.2) is 0 Å². The summed E-state index contributed by atoms with van der Waals surface area (Å²) in [5.74, 6) is 0. The molecule has 0 aliphatic rings. The molecule has 0 fully saturated rings. The molecule has 29 heavy (non-hydrogen) atoms. The summed E-state index contributed by atoms with van der Waals surface area (Å²) >= 11 is 0. The molecule has 0 aromatic rings. The Balaban J connectivity index is 3.12. The molecule has 2 heteroatoms. The average Bonchev–Trinajstić information content (AvgIpc) is 2.72. The maximum Gasteiger partial charge on any atom is 0.0238 e. The zero-order chi connectivity index (χ0) is 21.3. The highest BCUT2D eigenvalue weighted by molar-refractivity contribution is 4.53. The maximum atomic E-state index is 9.99. The van der Waals surface area contributed by atoms with Gasteiger partial charge in [0.2, 0.25) is 0 Å². The molecule has 0 bridgehead atoms. The number of hydroxylamine groups is 2. The van der Waals surface area contributed by atoms with Crippen LogP contribution in [-0.2, 0) is 0 Å². The standard InChI is InChI=1S/C27H57NO/c1-3-5-7-9-11-13-15-17-19-21-23-25-27-28(29)26-24-22-20-18-16-14-12-10-8-6-4-2/h29H,3-27H2,1-2H3. The van der Waals surface area contributed by atoms with Gasteiger partial charge in [0.1, 0.15) is 0 Å². The summed E-state index contributed by atoms with van der Waals surface area (Å²) < 4.78 is 0. The molecule has 1 N–H and O–H groups in total. The lowest BCUT2D eigenvalue weighted by Gasteiger charge is -2.14. The van der Waals surface area contributed by atoms with Crippen LogP contribution in [0.25, 0.3) is 0 Å². The SMILES string of the molecule is CCCCCCCCCCCCCCN(O)CCCCCCCCCCCCC. The fourth-order valence-electron chi connectivity index (χ4n) is 4.21. The van der Waals surface area contributed by atoms with E-state index in [-0.39, 0.29) is 0 Å². The molecule has 0 unspecified atom stereocenters. The molecule has 0 aromatic carbocycles. The monoisotopic (exact) mass is 411 g/mol. The number of hydrogen-bond donors (Lipinski definition) is 1. The largest absolute Gasteiger partial charge is 0.314 e. The van der Waals surface area contributed by atoms with E-state index in [4.69, 9.17) is 0 Å². The molecule has 2 nitrogen and oxygen atoms in total. The summed E-state index contributed by atoms with van der Waals surface area (Å²) in [6.07, 6.45) is 31.6. The topological polar surface area (TPSA) is 23.5 Å². The minimum absolute atomic E-state index is 0.870. The van der Waals surface area contributed by atoms with Crippen LogP contribution in [0.4, 0.5) is 0 Å². The Bertz CT molecular complexity index is 282. The van der Waals surface area contributed by atoms with Crippen LogP contribution >= 0.6 is 0 Å². The first-order chi connectivity index (χ1) is 14.3. The lowest BCUT2D eigenvalue weighted by Crippen LogP contribution is -2.21. The molecule has 0 saturated carbocycles. The molecule has 0 amide bonds. The van der Waals surface area contributed by atoms with E-state index in [1.54, 1.807) is 5.06 Å². The lowest BCUT2D eigenvalue weighted by atomic mass is 10.1. The fourth-order valence-corrected chi connectivity index (χ4v) is 4.21. The van der Waals surface area contributed by atoms with E-state index in [0.717, 1.165) is 25.9 Å². The Kier molecular flexibility index (Phi) is 25.9. The third-order valence-corrected chi connectivity index (χ3v) is 6.29. The Morgan fingerprint density at radius 3 is 0.793 bits per heavy atom. The second-order valence-corrected chi connectivity index (χ2v) is 9.38. The zero-order valence-corrected chi connectivity index (χ0v) is 20.6. The third kappa shape index (κ3) is 25.9. The highest BCUT2D eigenvalue weighted by Gasteiger charge is 2.01. The van der Waals surface area contributed by atoms with Crippen LogP contribution in [0.2, 0.25) is 0 Å². The third-order valence-electron chi connectivity index (χ3n) is 6.29. The first kappa shape index (κ1) is 28.9. The van der Waals surface area contributed by atoms with Gasteiger partial charge in [0.05, 0.1) is 0 Å². The van der Waals surface area contributed by atoms with Crippen LogP contribution in [-0.4, -0.2) is 23.4 Å². The van der Waals surface area contributed by atoms with Crippen molar-refractivity contribution in [3.8, 4) is 0 Å². The molecule has 0 aliphatic heterocycles. The van der Waals surface area contributed by atoms with Gasteiger partial charge in [-0.1, -0.05) is 149 Å². The molecular formula is C27H57NO. The van der Waals surface area contributed by atoms with Crippen molar-refractivity contribution >= 4 is 0 Å². The van der Waals surface area contributed by atoms with Crippen molar-refractivity contribution < 1.29 is 5.21 Å². The van der Waals surface area contributed by atoms with Crippen molar-refractivity contribution in [1.82, 2.24) is 5.06 Å². The number of hydrogen-bond acceptors (Lipinski definition) is 2. The summed E-state index contributed by atoms with van der Waals surface area (Å²) in [6.45, 7) is 6.31. The average molecular weight is 412 g/mol. The normalized spacial score (nSPS) is 11.6. The van der Waals surface area contributed by atoms with Crippen molar-refractivity contribution in [2.75, 3.05) is 13.1 Å². The summed E-state index contributed by atoms with van der Waals surface area (Å²) in [5.41, 5.74) is 0.